The van der Waals surface area contributed by atoms with Crippen molar-refractivity contribution in [3.05, 3.63) is 41.2 Å². The fourth-order valence-electron chi connectivity index (χ4n) is 2.40. The molecule has 4 N–H and O–H groups in total. The Hall–Kier alpha value is -2.63. The Morgan fingerprint density at radius 2 is 2.05 bits per heavy atom. The van der Waals surface area contributed by atoms with E-state index in [1.54, 1.807) is 6.20 Å². The smallest absolute Gasteiger partial charge is 0.221 e. The van der Waals surface area contributed by atoms with Gasteiger partial charge >= 0.3 is 0 Å². The van der Waals surface area contributed by atoms with Gasteiger partial charge in [0.05, 0.1) is 5.52 Å². The van der Waals surface area contributed by atoms with Gasteiger partial charge < -0.3 is 11.5 Å². The molecule has 2 heterocycles. The summed E-state index contributed by atoms with van der Waals surface area (Å²) in [5.41, 5.74) is 15.6. The summed E-state index contributed by atoms with van der Waals surface area (Å²) < 4.78 is 1.82. The zero-order valence-electron chi connectivity index (χ0n) is 11.5. The number of aromatic nitrogens is 4. The number of hydrogen-bond donors (Lipinski definition) is 2. The van der Waals surface area contributed by atoms with Crippen molar-refractivity contribution in [1.29, 1.82) is 0 Å². The molecule has 0 radical (unpaired) electrons. The molecule has 0 unspecified atom stereocenters. The molecule has 0 aliphatic heterocycles. The number of hydrogen-bond acceptors (Lipinski definition) is 5. The molecule has 102 valence electrons. The van der Waals surface area contributed by atoms with Gasteiger partial charge in [0.2, 0.25) is 5.95 Å². The van der Waals surface area contributed by atoms with Gasteiger partial charge in [-0.1, -0.05) is 6.07 Å². The van der Waals surface area contributed by atoms with Crippen molar-refractivity contribution in [3.63, 3.8) is 0 Å². The van der Waals surface area contributed by atoms with Crippen molar-refractivity contribution in [3.8, 4) is 0 Å². The van der Waals surface area contributed by atoms with Crippen molar-refractivity contribution < 1.29 is 0 Å². The monoisotopic (exact) mass is 268 g/mol. The Balaban J connectivity index is 2.02. The lowest BCUT2D eigenvalue weighted by Gasteiger charge is -2.06. The summed E-state index contributed by atoms with van der Waals surface area (Å²) in [5.74, 6) is 0.631. The largest absolute Gasteiger partial charge is 0.383 e. The van der Waals surface area contributed by atoms with Crippen LogP contribution in [0.5, 0.6) is 0 Å². The normalized spacial score (nSPS) is 11.1. The van der Waals surface area contributed by atoms with Gasteiger partial charge in [-0.05, 0) is 24.1 Å². The Labute approximate surface area is 116 Å². The van der Waals surface area contributed by atoms with Crippen molar-refractivity contribution >= 4 is 22.7 Å². The molecule has 0 aliphatic rings. The number of aryl methyl sites for hydroxylation is 2. The molecule has 0 spiro atoms. The number of benzene rings is 1. The highest BCUT2D eigenvalue weighted by atomic mass is 15.2. The van der Waals surface area contributed by atoms with Gasteiger partial charge in [-0.2, -0.15) is 10.1 Å². The van der Waals surface area contributed by atoms with Gasteiger partial charge in [0.15, 0.2) is 0 Å². The van der Waals surface area contributed by atoms with Crippen LogP contribution < -0.4 is 11.5 Å². The van der Waals surface area contributed by atoms with Crippen molar-refractivity contribution in [2.24, 2.45) is 7.05 Å². The van der Waals surface area contributed by atoms with Crippen LogP contribution in [0.3, 0.4) is 0 Å². The first-order valence-corrected chi connectivity index (χ1v) is 6.32. The van der Waals surface area contributed by atoms with Crippen LogP contribution in [-0.4, -0.2) is 19.7 Å². The zero-order chi connectivity index (χ0) is 14.3. The van der Waals surface area contributed by atoms with Crippen LogP contribution in [0, 0.1) is 6.92 Å². The number of anilines is 2. The minimum Gasteiger partial charge on any atom is -0.383 e. The Bertz CT molecular complexity index is 790. The predicted octanol–water partition coefficient (Wildman–Crippen LogP) is 1.43. The molecule has 20 heavy (non-hydrogen) atoms. The SMILES string of the molecule is Cc1cc(Cc2cnc(N)nc2N)cc2cn(C)nc12. The van der Waals surface area contributed by atoms with Crippen LogP contribution in [0.25, 0.3) is 10.9 Å². The van der Waals surface area contributed by atoms with E-state index in [0.717, 1.165) is 27.6 Å². The second kappa shape index (κ2) is 4.48. The Morgan fingerprint density at radius 1 is 1.25 bits per heavy atom. The molecule has 3 rings (SSSR count). The topological polar surface area (TPSA) is 95.6 Å². The van der Waals surface area contributed by atoms with Crippen LogP contribution in [0.1, 0.15) is 16.7 Å². The molecule has 0 atom stereocenters. The van der Waals surface area contributed by atoms with E-state index >= 15 is 0 Å². The first kappa shape index (κ1) is 12.4. The maximum Gasteiger partial charge on any atom is 0.221 e. The first-order valence-electron chi connectivity index (χ1n) is 6.32. The fourth-order valence-corrected chi connectivity index (χ4v) is 2.40. The number of nitrogens with two attached hydrogens (primary N) is 2. The maximum absolute atomic E-state index is 5.88. The molecular weight excluding hydrogens is 252 g/mol. The molecule has 0 fully saturated rings. The predicted molar refractivity (Wildman–Crippen MR) is 79.1 cm³/mol. The van der Waals surface area contributed by atoms with Gasteiger partial charge in [-0.15, -0.1) is 0 Å². The van der Waals surface area contributed by atoms with E-state index in [2.05, 4.69) is 34.1 Å². The number of rotatable bonds is 2. The fraction of sp³-hybridized carbons (Fsp3) is 0.214. The van der Waals surface area contributed by atoms with E-state index in [9.17, 15) is 0 Å². The lowest BCUT2D eigenvalue weighted by atomic mass is 10.0. The molecule has 0 saturated carbocycles. The highest BCUT2D eigenvalue weighted by Crippen LogP contribution is 2.22. The summed E-state index contributed by atoms with van der Waals surface area (Å²) >= 11 is 0. The van der Waals surface area contributed by atoms with Crippen LogP contribution in [0.15, 0.2) is 24.5 Å². The van der Waals surface area contributed by atoms with E-state index < -0.39 is 0 Å². The summed E-state index contributed by atoms with van der Waals surface area (Å²) in [6.45, 7) is 2.06. The molecule has 0 bridgehead atoms. The summed E-state index contributed by atoms with van der Waals surface area (Å²) in [5, 5.41) is 5.56. The van der Waals surface area contributed by atoms with Crippen molar-refractivity contribution in [2.75, 3.05) is 11.5 Å². The zero-order valence-corrected chi connectivity index (χ0v) is 11.5. The highest BCUT2D eigenvalue weighted by Gasteiger charge is 2.08. The number of nitrogen functional groups attached to an aromatic ring is 2. The molecule has 0 aliphatic carbocycles. The molecule has 6 nitrogen and oxygen atoms in total. The summed E-state index contributed by atoms with van der Waals surface area (Å²) in [4.78, 5) is 7.98. The Morgan fingerprint density at radius 3 is 2.80 bits per heavy atom. The molecule has 0 amide bonds. The van der Waals surface area contributed by atoms with Crippen molar-refractivity contribution in [2.45, 2.75) is 13.3 Å². The van der Waals surface area contributed by atoms with Gasteiger partial charge in [0, 0.05) is 36.8 Å². The molecule has 0 saturated heterocycles. The average molecular weight is 268 g/mol. The third kappa shape index (κ3) is 2.16. The van der Waals surface area contributed by atoms with E-state index in [1.807, 2.05) is 17.9 Å². The minimum atomic E-state index is 0.199. The summed E-state index contributed by atoms with van der Waals surface area (Å²) in [7, 11) is 1.92. The molecule has 6 heteroatoms. The molecule has 1 aromatic carbocycles. The summed E-state index contributed by atoms with van der Waals surface area (Å²) in [6, 6.07) is 4.23. The standard InChI is InChI=1S/C14H16N6/c1-8-3-9(5-11-7-20(2)19-12(8)11)4-10-6-17-14(16)18-13(10)15/h3,5-7H,4H2,1-2H3,(H4,15,16,17,18). The van der Waals surface area contributed by atoms with Crippen LogP contribution in [0.2, 0.25) is 0 Å². The lowest BCUT2D eigenvalue weighted by Crippen LogP contribution is -2.04. The maximum atomic E-state index is 5.88. The third-order valence-corrected chi connectivity index (χ3v) is 3.28. The number of nitrogens with zero attached hydrogens (tertiary/aromatic N) is 4. The van der Waals surface area contributed by atoms with Crippen molar-refractivity contribution in [1.82, 2.24) is 19.7 Å². The second-order valence-corrected chi connectivity index (χ2v) is 4.97. The van der Waals surface area contributed by atoms with Crippen LogP contribution in [0.4, 0.5) is 11.8 Å². The number of fused-ring (bicyclic) bond motifs is 1. The molecular formula is C14H16N6. The lowest BCUT2D eigenvalue weighted by molar-refractivity contribution is 0.779. The van der Waals surface area contributed by atoms with Gasteiger partial charge in [0.1, 0.15) is 5.82 Å². The van der Waals surface area contributed by atoms with Crippen LogP contribution in [-0.2, 0) is 13.5 Å². The van der Waals surface area contributed by atoms with Gasteiger partial charge in [-0.25, -0.2) is 4.98 Å². The van der Waals surface area contributed by atoms with Gasteiger partial charge in [-0.3, -0.25) is 4.68 Å². The first-order chi connectivity index (χ1) is 9.52. The van der Waals surface area contributed by atoms with E-state index in [1.165, 1.54) is 0 Å². The molecule has 3 aromatic rings. The second-order valence-electron chi connectivity index (χ2n) is 4.97. The van der Waals surface area contributed by atoms with E-state index in [-0.39, 0.29) is 5.95 Å². The third-order valence-electron chi connectivity index (χ3n) is 3.28. The van der Waals surface area contributed by atoms with Gasteiger partial charge in [0.25, 0.3) is 0 Å². The Kier molecular flexibility index (Phi) is 2.78. The molecule has 2 aromatic heterocycles. The average Bonchev–Trinajstić information content (AvgIpc) is 2.74. The van der Waals surface area contributed by atoms with E-state index in [0.29, 0.717) is 12.2 Å². The summed E-state index contributed by atoms with van der Waals surface area (Å²) in [6.07, 6.45) is 4.37. The van der Waals surface area contributed by atoms with E-state index in [4.69, 9.17) is 11.5 Å². The van der Waals surface area contributed by atoms with Crippen LogP contribution >= 0.6 is 0 Å². The highest BCUT2D eigenvalue weighted by molar-refractivity contribution is 5.82. The quantitative estimate of drug-likeness (QED) is 0.733. The minimum absolute atomic E-state index is 0.199.